The smallest absolute Gasteiger partial charge is 0.325 e. The standard InChI is InChI=1S/C30H32F3N5O3S2/c1-4-37(5-2)43(40,41)26-16-9-13-23(19-26)27-35-36-29(38(27)18-17-22-11-7-6-8-12-22)42-21(3)28(39)34-25-15-10-14-24(20-25)30(31,32)33/h6-16,19-21H,4-5,17-18H2,1-3H3,(H,34,39)/t21-/m0/s1. The molecule has 0 fully saturated rings. The van der Waals surface area contributed by atoms with E-state index in [-0.39, 0.29) is 10.6 Å². The molecular weight excluding hydrogens is 599 g/mol. The van der Waals surface area contributed by atoms with E-state index in [9.17, 15) is 26.4 Å². The van der Waals surface area contributed by atoms with Gasteiger partial charge in [-0.3, -0.25) is 4.79 Å². The summed E-state index contributed by atoms with van der Waals surface area (Å²) < 4.78 is 69.0. The van der Waals surface area contributed by atoms with E-state index in [0.29, 0.717) is 42.6 Å². The predicted molar refractivity (Wildman–Crippen MR) is 161 cm³/mol. The van der Waals surface area contributed by atoms with E-state index in [1.807, 2.05) is 34.9 Å². The van der Waals surface area contributed by atoms with Crippen LogP contribution in [0.25, 0.3) is 11.4 Å². The van der Waals surface area contributed by atoms with Crippen LogP contribution in [0.2, 0.25) is 0 Å². The topological polar surface area (TPSA) is 97.2 Å². The van der Waals surface area contributed by atoms with Gasteiger partial charge in [-0.2, -0.15) is 17.5 Å². The molecule has 0 spiro atoms. The molecule has 3 aromatic carbocycles. The Morgan fingerprint density at radius 3 is 2.35 bits per heavy atom. The van der Waals surface area contributed by atoms with Crippen molar-refractivity contribution in [1.29, 1.82) is 0 Å². The highest BCUT2D eigenvalue weighted by Crippen LogP contribution is 2.32. The lowest BCUT2D eigenvalue weighted by atomic mass is 10.1. The lowest BCUT2D eigenvalue weighted by molar-refractivity contribution is -0.137. The van der Waals surface area contributed by atoms with Crippen LogP contribution in [0.5, 0.6) is 0 Å². The summed E-state index contributed by atoms with van der Waals surface area (Å²) in [5.41, 5.74) is 0.777. The van der Waals surface area contributed by atoms with Crippen LogP contribution in [-0.2, 0) is 34.0 Å². The van der Waals surface area contributed by atoms with Crippen LogP contribution in [0.1, 0.15) is 31.9 Å². The lowest BCUT2D eigenvalue weighted by Crippen LogP contribution is -2.30. The van der Waals surface area contributed by atoms with E-state index < -0.39 is 32.9 Å². The van der Waals surface area contributed by atoms with E-state index in [1.165, 1.54) is 22.5 Å². The zero-order valence-electron chi connectivity index (χ0n) is 23.9. The molecule has 0 radical (unpaired) electrons. The number of aromatic nitrogens is 3. The molecule has 0 aliphatic rings. The molecule has 228 valence electrons. The van der Waals surface area contributed by atoms with E-state index in [1.54, 1.807) is 39.0 Å². The molecule has 43 heavy (non-hydrogen) atoms. The second kappa shape index (κ2) is 13.7. The molecule has 0 aliphatic heterocycles. The number of aryl methyl sites for hydroxylation is 1. The Labute approximate surface area is 253 Å². The number of amides is 1. The lowest BCUT2D eigenvalue weighted by Gasteiger charge is -2.19. The van der Waals surface area contributed by atoms with Crippen LogP contribution in [0, 0.1) is 0 Å². The monoisotopic (exact) mass is 631 g/mol. The highest BCUT2D eigenvalue weighted by molar-refractivity contribution is 8.00. The molecule has 1 aromatic heterocycles. The highest BCUT2D eigenvalue weighted by Gasteiger charge is 2.31. The van der Waals surface area contributed by atoms with Gasteiger partial charge in [0.05, 0.1) is 15.7 Å². The SMILES string of the molecule is CCN(CC)S(=O)(=O)c1cccc(-c2nnc(S[C@@H](C)C(=O)Nc3cccc(C(F)(F)F)c3)n2CCc2ccccc2)c1. The summed E-state index contributed by atoms with van der Waals surface area (Å²) in [5, 5.41) is 10.9. The number of nitrogens with zero attached hydrogens (tertiary/aromatic N) is 4. The van der Waals surface area contributed by atoms with Crippen LogP contribution >= 0.6 is 11.8 Å². The fourth-order valence-corrected chi connectivity index (χ4v) is 6.79. The third-order valence-electron chi connectivity index (χ3n) is 6.73. The average molecular weight is 632 g/mol. The molecule has 4 rings (SSSR count). The molecule has 1 N–H and O–H groups in total. The third kappa shape index (κ3) is 7.84. The molecule has 4 aromatic rings. The first-order valence-corrected chi connectivity index (χ1v) is 16.0. The number of hydrogen-bond donors (Lipinski definition) is 1. The number of carbonyl (C=O) groups excluding carboxylic acids is 1. The molecule has 1 amide bonds. The van der Waals surface area contributed by atoms with Crippen molar-refractivity contribution in [1.82, 2.24) is 19.1 Å². The van der Waals surface area contributed by atoms with Gasteiger partial charge in [-0.1, -0.05) is 74.1 Å². The summed E-state index contributed by atoms with van der Waals surface area (Å²) in [6.07, 6.45) is -3.92. The van der Waals surface area contributed by atoms with Crippen LogP contribution < -0.4 is 5.32 Å². The number of alkyl halides is 3. The first-order valence-electron chi connectivity index (χ1n) is 13.7. The van der Waals surface area contributed by atoms with Crippen molar-refractivity contribution in [2.45, 2.75) is 55.2 Å². The number of carbonyl (C=O) groups is 1. The van der Waals surface area contributed by atoms with Crippen molar-refractivity contribution in [2.24, 2.45) is 0 Å². The number of thioether (sulfide) groups is 1. The number of anilines is 1. The molecule has 0 unspecified atom stereocenters. The maximum Gasteiger partial charge on any atom is 0.416 e. The normalized spacial score (nSPS) is 12.8. The van der Waals surface area contributed by atoms with Crippen molar-refractivity contribution in [2.75, 3.05) is 18.4 Å². The second-order valence-corrected chi connectivity index (χ2v) is 12.9. The molecule has 8 nitrogen and oxygen atoms in total. The number of sulfonamides is 1. The Balaban J connectivity index is 1.63. The molecule has 0 saturated carbocycles. The Kier molecular flexibility index (Phi) is 10.3. The largest absolute Gasteiger partial charge is 0.416 e. The Hall–Kier alpha value is -3.68. The van der Waals surface area contributed by atoms with Crippen LogP contribution in [0.4, 0.5) is 18.9 Å². The van der Waals surface area contributed by atoms with Crippen molar-refractivity contribution >= 4 is 33.4 Å². The van der Waals surface area contributed by atoms with Crippen LogP contribution in [-0.4, -0.2) is 51.7 Å². The van der Waals surface area contributed by atoms with Gasteiger partial charge in [0.2, 0.25) is 15.9 Å². The van der Waals surface area contributed by atoms with E-state index in [0.717, 1.165) is 29.5 Å². The van der Waals surface area contributed by atoms with Gasteiger partial charge in [0, 0.05) is 30.9 Å². The molecule has 1 heterocycles. The maximum absolute atomic E-state index is 13.2. The van der Waals surface area contributed by atoms with Gasteiger partial charge in [-0.15, -0.1) is 10.2 Å². The minimum absolute atomic E-state index is 0.0322. The Bertz CT molecular complexity index is 1660. The van der Waals surface area contributed by atoms with Crippen molar-refractivity contribution in [3.63, 3.8) is 0 Å². The zero-order valence-corrected chi connectivity index (χ0v) is 25.5. The molecule has 1 atom stereocenters. The van der Waals surface area contributed by atoms with Gasteiger partial charge in [-0.05, 0) is 49.2 Å². The number of hydrogen-bond acceptors (Lipinski definition) is 6. The fraction of sp³-hybridized carbons (Fsp3) is 0.300. The number of rotatable bonds is 12. The predicted octanol–water partition coefficient (Wildman–Crippen LogP) is 6.36. The van der Waals surface area contributed by atoms with E-state index >= 15 is 0 Å². The summed E-state index contributed by atoms with van der Waals surface area (Å²) in [6, 6.07) is 20.7. The first-order chi connectivity index (χ1) is 20.4. The Morgan fingerprint density at radius 1 is 0.977 bits per heavy atom. The van der Waals surface area contributed by atoms with Gasteiger partial charge in [0.1, 0.15) is 0 Å². The number of halogens is 3. The fourth-order valence-electron chi connectivity index (χ4n) is 4.41. The summed E-state index contributed by atoms with van der Waals surface area (Å²) in [5.74, 6) is -0.0729. The third-order valence-corrected chi connectivity index (χ3v) is 9.85. The maximum atomic E-state index is 13.2. The van der Waals surface area contributed by atoms with E-state index in [4.69, 9.17) is 0 Å². The van der Waals surface area contributed by atoms with Gasteiger partial charge < -0.3 is 9.88 Å². The van der Waals surface area contributed by atoms with Gasteiger partial charge in [0.25, 0.3) is 0 Å². The molecule has 13 heteroatoms. The van der Waals surface area contributed by atoms with Crippen molar-refractivity contribution in [3.8, 4) is 11.4 Å². The molecule has 0 bridgehead atoms. The minimum Gasteiger partial charge on any atom is -0.325 e. The first kappa shape index (κ1) is 32.2. The minimum atomic E-state index is -4.53. The quantitative estimate of drug-likeness (QED) is 0.183. The van der Waals surface area contributed by atoms with E-state index in [2.05, 4.69) is 15.5 Å². The van der Waals surface area contributed by atoms with Gasteiger partial charge in [0.15, 0.2) is 11.0 Å². The summed E-state index contributed by atoms with van der Waals surface area (Å²) in [4.78, 5) is 13.1. The average Bonchev–Trinajstić information content (AvgIpc) is 3.39. The zero-order chi connectivity index (χ0) is 31.2. The van der Waals surface area contributed by atoms with Gasteiger partial charge in [-0.25, -0.2) is 8.42 Å². The van der Waals surface area contributed by atoms with Crippen LogP contribution in [0.15, 0.2) is 88.9 Å². The summed E-state index contributed by atoms with van der Waals surface area (Å²) >= 11 is 1.11. The molecular formula is C30H32F3N5O3S2. The van der Waals surface area contributed by atoms with Crippen molar-refractivity contribution in [3.05, 3.63) is 90.0 Å². The highest BCUT2D eigenvalue weighted by atomic mass is 32.2. The second-order valence-electron chi connectivity index (χ2n) is 9.64. The molecule has 0 saturated heterocycles. The summed E-state index contributed by atoms with van der Waals surface area (Å²) in [6.45, 7) is 6.28. The number of benzene rings is 3. The van der Waals surface area contributed by atoms with Gasteiger partial charge >= 0.3 is 6.18 Å². The van der Waals surface area contributed by atoms with Crippen LogP contribution in [0.3, 0.4) is 0 Å². The summed E-state index contributed by atoms with van der Waals surface area (Å²) in [7, 11) is -3.72. The Morgan fingerprint density at radius 2 is 1.67 bits per heavy atom. The number of nitrogens with one attached hydrogen (secondary N) is 1. The van der Waals surface area contributed by atoms with Crippen molar-refractivity contribution < 1.29 is 26.4 Å². The molecule has 0 aliphatic carbocycles.